The molecule has 0 amide bonds. The largest absolute Gasteiger partial charge is 0.462 e. The van der Waals surface area contributed by atoms with Gasteiger partial charge < -0.3 is 9.22 Å². The van der Waals surface area contributed by atoms with E-state index in [0.29, 0.717) is 12.2 Å². The number of ether oxygens (including phenoxy) is 1. The van der Waals surface area contributed by atoms with E-state index in [4.69, 9.17) is 4.74 Å². The topological polar surface area (TPSA) is 26.3 Å². The Bertz CT molecular complexity index is 769. The minimum Gasteiger partial charge on any atom is -0.462 e. The summed E-state index contributed by atoms with van der Waals surface area (Å²) in [6.45, 7) is 9.23. The molecule has 0 bridgehead atoms. The highest BCUT2D eigenvalue weighted by atomic mass is 16.5. The zero-order chi connectivity index (χ0) is 31.3. The average molecular weight is 599 g/mol. The molecule has 3 nitrogen and oxygen atoms in total. The number of carbonyl (C=O) groups is 1. The zero-order valence-corrected chi connectivity index (χ0v) is 29.2. The Morgan fingerprint density at radius 1 is 0.581 bits per heavy atom. The third kappa shape index (κ3) is 24.4. The van der Waals surface area contributed by atoms with Crippen molar-refractivity contribution in [2.45, 2.75) is 167 Å². The van der Waals surface area contributed by atoms with Crippen molar-refractivity contribution < 1.29 is 14.0 Å². The molecule has 248 valence electrons. The number of nitrogens with zero attached hydrogens (tertiary/aromatic N) is 1. The fraction of sp³-hybridized carbons (Fsp3) is 0.775. The third-order valence-electron chi connectivity index (χ3n) is 9.14. The van der Waals surface area contributed by atoms with Crippen molar-refractivity contribution in [3.63, 3.8) is 0 Å². The monoisotopic (exact) mass is 599 g/mol. The second-order valence-electron chi connectivity index (χ2n) is 13.8. The van der Waals surface area contributed by atoms with Crippen molar-refractivity contribution >= 4 is 12.0 Å². The van der Waals surface area contributed by atoms with Crippen molar-refractivity contribution in [3.05, 3.63) is 42.0 Å². The second kappa shape index (κ2) is 27.9. The molecule has 0 spiro atoms. The molecule has 0 saturated carbocycles. The predicted octanol–water partition coefficient (Wildman–Crippen LogP) is 12.3. The van der Waals surface area contributed by atoms with E-state index in [1.165, 1.54) is 165 Å². The molecule has 0 unspecified atom stereocenters. The molecule has 0 aliphatic rings. The maximum atomic E-state index is 12.1. The highest BCUT2D eigenvalue weighted by Gasteiger charge is 2.13. The molecule has 0 heterocycles. The molecular formula is C40H72NO2+. The molecule has 0 aliphatic carbocycles. The molecule has 1 aromatic rings. The molecule has 0 saturated heterocycles. The Balaban J connectivity index is 1.81. The summed E-state index contributed by atoms with van der Waals surface area (Å²) >= 11 is 0. The number of hydrogen-bond acceptors (Lipinski definition) is 2. The van der Waals surface area contributed by atoms with E-state index in [2.05, 4.69) is 27.6 Å². The van der Waals surface area contributed by atoms with Gasteiger partial charge in [0.05, 0.1) is 39.4 Å². The summed E-state index contributed by atoms with van der Waals surface area (Å²) in [5.74, 6) is -0.220. The van der Waals surface area contributed by atoms with Crippen molar-refractivity contribution in [2.75, 3.05) is 33.8 Å². The Morgan fingerprint density at radius 3 is 1.30 bits per heavy atom. The molecule has 0 aromatic heterocycles. The van der Waals surface area contributed by atoms with E-state index in [-0.39, 0.29) is 5.97 Å². The summed E-state index contributed by atoms with van der Waals surface area (Å²) in [4.78, 5) is 12.1. The Kier molecular flexibility index (Phi) is 25.6. The van der Waals surface area contributed by atoms with E-state index < -0.39 is 0 Å². The molecule has 0 atom stereocenters. The van der Waals surface area contributed by atoms with Gasteiger partial charge in [0.15, 0.2) is 0 Å². The number of hydrogen-bond donors (Lipinski definition) is 0. The number of esters is 1. The molecule has 43 heavy (non-hydrogen) atoms. The highest BCUT2D eigenvalue weighted by molar-refractivity contribution is 5.89. The number of quaternary nitrogens is 1. The summed E-state index contributed by atoms with van der Waals surface area (Å²) in [5, 5.41) is 0. The summed E-state index contributed by atoms with van der Waals surface area (Å²) in [5.41, 5.74) is 1.63. The van der Waals surface area contributed by atoms with Crippen LogP contribution in [-0.4, -0.2) is 44.2 Å². The van der Waals surface area contributed by atoms with E-state index in [1.807, 2.05) is 12.1 Å². The molecule has 1 rings (SSSR count). The van der Waals surface area contributed by atoms with Gasteiger partial charge in [0.25, 0.3) is 0 Å². The fourth-order valence-electron chi connectivity index (χ4n) is 6.08. The predicted molar refractivity (Wildman–Crippen MR) is 190 cm³/mol. The number of benzene rings is 1. The SMILES string of the molecule is C=Cc1ccc(C(=O)OCCCCCCCCCCC[N+](C)(C)CCCCCCCCCCCCCCCCCC)cc1. The molecule has 0 aliphatic heterocycles. The molecule has 0 radical (unpaired) electrons. The van der Waals surface area contributed by atoms with Crippen LogP contribution in [0.3, 0.4) is 0 Å². The van der Waals surface area contributed by atoms with Crippen molar-refractivity contribution in [2.24, 2.45) is 0 Å². The van der Waals surface area contributed by atoms with Crippen LogP contribution < -0.4 is 0 Å². The minimum absolute atomic E-state index is 0.220. The quantitative estimate of drug-likeness (QED) is 0.0483. The van der Waals surface area contributed by atoms with Crippen LogP contribution in [-0.2, 0) is 4.74 Å². The molecular weight excluding hydrogens is 526 g/mol. The van der Waals surface area contributed by atoms with E-state index in [9.17, 15) is 4.79 Å². The fourth-order valence-corrected chi connectivity index (χ4v) is 6.08. The first-order valence-corrected chi connectivity index (χ1v) is 18.7. The molecule has 3 heteroatoms. The van der Waals surface area contributed by atoms with Gasteiger partial charge in [-0.2, -0.15) is 0 Å². The van der Waals surface area contributed by atoms with Gasteiger partial charge in [-0.3, -0.25) is 0 Å². The van der Waals surface area contributed by atoms with Crippen LogP contribution in [0.2, 0.25) is 0 Å². The Labute approximate surface area is 268 Å². The Hall–Kier alpha value is -1.61. The molecule has 0 N–H and O–H groups in total. The highest BCUT2D eigenvalue weighted by Crippen LogP contribution is 2.16. The number of rotatable bonds is 31. The van der Waals surface area contributed by atoms with Crippen LogP contribution >= 0.6 is 0 Å². The van der Waals surface area contributed by atoms with Gasteiger partial charge in [0, 0.05) is 0 Å². The first kappa shape index (κ1) is 39.4. The van der Waals surface area contributed by atoms with Crippen LogP contribution in [0.5, 0.6) is 0 Å². The van der Waals surface area contributed by atoms with Gasteiger partial charge in [0.2, 0.25) is 0 Å². The maximum Gasteiger partial charge on any atom is 0.338 e. The standard InChI is InChI=1S/C40H72NO2/c1-5-7-8-9-10-11-12-13-14-15-16-17-19-22-25-28-35-41(3,4)36-29-26-23-20-18-21-24-27-30-37-43-40(42)39-33-31-38(6-2)32-34-39/h6,31-34H,2,5,7-30,35-37H2,1,3-4H3/q+1. The van der Waals surface area contributed by atoms with Crippen LogP contribution in [0.15, 0.2) is 30.8 Å². The van der Waals surface area contributed by atoms with Crippen LogP contribution in [0.4, 0.5) is 0 Å². The lowest BCUT2D eigenvalue weighted by Gasteiger charge is -2.30. The van der Waals surface area contributed by atoms with Crippen LogP contribution in [0, 0.1) is 0 Å². The second-order valence-corrected chi connectivity index (χ2v) is 13.8. The van der Waals surface area contributed by atoms with Gasteiger partial charge in [-0.15, -0.1) is 0 Å². The van der Waals surface area contributed by atoms with Crippen molar-refractivity contribution in [3.8, 4) is 0 Å². The van der Waals surface area contributed by atoms with Crippen LogP contribution in [0.1, 0.15) is 183 Å². The van der Waals surface area contributed by atoms with Crippen molar-refractivity contribution in [1.29, 1.82) is 0 Å². The van der Waals surface area contributed by atoms with Crippen LogP contribution in [0.25, 0.3) is 6.08 Å². The first-order valence-electron chi connectivity index (χ1n) is 18.7. The van der Waals surface area contributed by atoms with Gasteiger partial charge >= 0.3 is 5.97 Å². The number of unbranched alkanes of at least 4 members (excludes halogenated alkanes) is 23. The van der Waals surface area contributed by atoms with Gasteiger partial charge in [-0.1, -0.05) is 160 Å². The summed E-state index contributed by atoms with van der Waals surface area (Å²) in [6.07, 6.45) is 36.4. The van der Waals surface area contributed by atoms with Gasteiger partial charge in [0.1, 0.15) is 0 Å². The Morgan fingerprint density at radius 2 is 0.930 bits per heavy atom. The lowest BCUT2D eigenvalue weighted by Crippen LogP contribution is -2.41. The van der Waals surface area contributed by atoms with E-state index in [1.54, 1.807) is 18.2 Å². The lowest BCUT2D eigenvalue weighted by atomic mass is 10.0. The zero-order valence-electron chi connectivity index (χ0n) is 29.2. The molecule has 1 aromatic carbocycles. The minimum atomic E-state index is -0.220. The molecule has 0 fully saturated rings. The third-order valence-corrected chi connectivity index (χ3v) is 9.14. The summed E-state index contributed by atoms with van der Waals surface area (Å²) in [6, 6.07) is 7.40. The summed E-state index contributed by atoms with van der Waals surface area (Å²) in [7, 11) is 4.86. The smallest absolute Gasteiger partial charge is 0.338 e. The summed E-state index contributed by atoms with van der Waals surface area (Å²) < 4.78 is 6.61. The maximum absolute atomic E-state index is 12.1. The van der Waals surface area contributed by atoms with E-state index in [0.717, 1.165) is 18.4 Å². The average Bonchev–Trinajstić information content (AvgIpc) is 3.01. The van der Waals surface area contributed by atoms with E-state index >= 15 is 0 Å². The lowest BCUT2D eigenvalue weighted by molar-refractivity contribution is -0.890. The van der Waals surface area contributed by atoms with Gasteiger partial charge in [-0.05, 0) is 49.8 Å². The van der Waals surface area contributed by atoms with Gasteiger partial charge in [-0.25, -0.2) is 4.79 Å². The van der Waals surface area contributed by atoms with Crippen molar-refractivity contribution in [1.82, 2.24) is 0 Å². The first-order chi connectivity index (χ1) is 21.0. The normalized spacial score (nSPS) is 11.6. The number of carbonyl (C=O) groups excluding carboxylic acids is 1.